The molecule has 1 unspecified atom stereocenters. The van der Waals surface area contributed by atoms with Crippen LogP contribution < -0.4 is 10.6 Å². The van der Waals surface area contributed by atoms with Crippen LogP contribution >= 0.6 is 0 Å². The summed E-state index contributed by atoms with van der Waals surface area (Å²) < 4.78 is 6.03. The maximum atomic E-state index is 13.7. The fourth-order valence-electron chi connectivity index (χ4n) is 6.36. The number of hydrogen-bond acceptors (Lipinski definition) is 6. The Morgan fingerprint density at radius 1 is 1.16 bits per heavy atom. The van der Waals surface area contributed by atoms with Gasteiger partial charge in [-0.3, -0.25) is 10.00 Å². The smallest absolute Gasteiger partial charge is 0.330 e. The fraction of sp³-hybridized carbons (Fsp3) is 0.500. The number of piperidine rings is 1. The molecule has 0 saturated carbocycles. The molecule has 3 aromatic rings. The average Bonchev–Trinajstić information content (AvgIpc) is 3.46. The van der Waals surface area contributed by atoms with Crippen molar-refractivity contribution in [1.82, 2.24) is 30.2 Å². The third kappa shape index (κ3) is 6.61. The maximum absolute atomic E-state index is 13.7. The van der Waals surface area contributed by atoms with Gasteiger partial charge >= 0.3 is 18.0 Å². The number of nitrogens with one attached hydrogen (secondary N) is 3. The number of H-pyrrole nitrogens is 1. The Morgan fingerprint density at radius 3 is 2.60 bits per heavy atom. The predicted octanol–water partition coefficient (Wildman–Crippen LogP) is 4.63. The number of aryl methyl sites for hydroxylation is 1. The van der Waals surface area contributed by atoms with E-state index >= 15 is 0 Å². The molecule has 3 heterocycles. The normalized spacial score (nSPS) is 16.7. The molecule has 3 N–H and O–H groups in total. The van der Waals surface area contributed by atoms with Gasteiger partial charge in [-0.15, -0.1) is 0 Å². The van der Waals surface area contributed by atoms with Gasteiger partial charge in [0.15, 0.2) is 5.72 Å². The summed E-state index contributed by atoms with van der Waals surface area (Å²) in [4.78, 5) is 45.7. The highest BCUT2D eigenvalue weighted by atomic mass is 16.6. The van der Waals surface area contributed by atoms with Crippen molar-refractivity contribution < 1.29 is 19.1 Å². The van der Waals surface area contributed by atoms with Crippen LogP contribution in [0.2, 0.25) is 0 Å². The van der Waals surface area contributed by atoms with Crippen molar-refractivity contribution in [2.75, 3.05) is 31.5 Å². The molecule has 11 heteroatoms. The largest absolute Gasteiger partial charge is 0.443 e. The zero-order chi connectivity index (χ0) is 30.7. The van der Waals surface area contributed by atoms with Gasteiger partial charge in [0.2, 0.25) is 0 Å². The number of benzene rings is 2. The van der Waals surface area contributed by atoms with Crippen molar-refractivity contribution in [3.05, 3.63) is 59.3 Å². The number of carbonyl (C=O) groups excluding carboxylic acids is 3. The van der Waals surface area contributed by atoms with Crippen molar-refractivity contribution in [1.29, 1.82) is 0 Å². The van der Waals surface area contributed by atoms with Crippen LogP contribution in [0.3, 0.4) is 0 Å². The zero-order valence-electron chi connectivity index (χ0n) is 25.8. The van der Waals surface area contributed by atoms with Gasteiger partial charge in [0, 0.05) is 43.2 Å². The number of amides is 4. The predicted molar refractivity (Wildman–Crippen MR) is 166 cm³/mol. The Bertz CT molecular complexity index is 1470. The minimum Gasteiger partial charge on any atom is -0.443 e. The van der Waals surface area contributed by atoms with E-state index in [4.69, 9.17) is 4.74 Å². The van der Waals surface area contributed by atoms with Crippen molar-refractivity contribution >= 4 is 34.6 Å². The molecule has 0 radical (unpaired) electrons. The van der Waals surface area contributed by atoms with Gasteiger partial charge in [-0.1, -0.05) is 38.1 Å². The molecule has 0 spiro atoms. The summed E-state index contributed by atoms with van der Waals surface area (Å²) in [6, 6.07) is 10.5. The number of urea groups is 2. The molecule has 2 aliphatic rings. The van der Waals surface area contributed by atoms with E-state index in [2.05, 4.69) is 25.7 Å². The lowest BCUT2D eigenvalue weighted by Crippen LogP contribution is -2.56. The first kappa shape index (κ1) is 30.3. The van der Waals surface area contributed by atoms with Crippen LogP contribution in [0, 0.1) is 6.92 Å². The summed E-state index contributed by atoms with van der Waals surface area (Å²) in [7, 11) is 0. The van der Waals surface area contributed by atoms with Crippen LogP contribution in [0.25, 0.3) is 10.9 Å². The molecule has 1 fully saturated rings. The van der Waals surface area contributed by atoms with Crippen molar-refractivity contribution in [3.63, 3.8) is 0 Å². The molecular formula is C32H43N7O4. The van der Waals surface area contributed by atoms with Gasteiger partial charge in [0.1, 0.15) is 6.04 Å². The van der Waals surface area contributed by atoms with Gasteiger partial charge in [-0.25, -0.2) is 14.4 Å². The Hall–Kier alpha value is -4.12. The topological polar surface area (TPSA) is 123 Å². The lowest BCUT2D eigenvalue weighted by molar-refractivity contribution is -0.178. The third-order valence-corrected chi connectivity index (χ3v) is 8.76. The number of esters is 1. The van der Waals surface area contributed by atoms with E-state index in [9.17, 15) is 14.4 Å². The molecule has 1 atom stereocenters. The minimum atomic E-state index is -0.881. The molecule has 230 valence electrons. The number of aromatic nitrogens is 2. The standard InChI is InChI=1S/C32H43N7O4/c1-6-38(7-2)32(4,5)43-29(40)27(18-22-16-21(3)28-24(17-22)19-33-36-28)35-30(41)37-14-12-25(13-15-37)39-20-23-10-8-9-11-26(23)34-31(39)42/h8-11,16-17,19,25,27H,6-7,12-15,18,20H2,1-5H3,(H,33,36)(H,34,42)(H,35,41). The first-order valence-corrected chi connectivity index (χ1v) is 15.2. The summed E-state index contributed by atoms with van der Waals surface area (Å²) in [6.45, 7) is 12.7. The minimum absolute atomic E-state index is 0.0256. The first-order valence-electron chi connectivity index (χ1n) is 15.2. The third-order valence-electron chi connectivity index (χ3n) is 8.76. The zero-order valence-corrected chi connectivity index (χ0v) is 25.8. The number of hydrogen-bond donors (Lipinski definition) is 3. The van der Waals surface area contributed by atoms with Gasteiger partial charge < -0.3 is 25.2 Å². The van der Waals surface area contributed by atoms with E-state index in [0.29, 0.717) is 32.5 Å². The second-order valence-electron chi connectivity index (χ2n) is 11.9. The molecule has 0 aliphatic carbocycles. The van der Waals surface area contributed by atoms with Crippen molar-refractivity contribution in [2.45, 2.75) is 78.2 Å². The highest BCUT2D eigenvalue weighted by Gasteiger charge is 2.36. The quantitative estimate of drug-likeness (QED) is 0.247. The fourth-order valence-corrected chi connectivity index (χ4v) is 6.36. The lowest BCUT2D eigenvalue weighted by atomic mass is 10.0. The molecule has 1 aromatic heterocycles. The van der Waals surface area contributed by atoms with E-state index in [0.717, 1.165) is 46.4 Å². The summed E-state index contributed by atoms with van der Waals surface area (Å²) in [5.41, 5.74) is 3.97. The number of carbonyl (C=O) groups is 3. The number of nitrogens with zero attached hydrogens (tertiary/aromatic N) is 4. The molecule has 43 heavy (non-hydrogen) atoms. The van der Waals surface area contributed by atoms with Crippen molar-refractivity contribution in [2.24, 2.45) is 0 Å². The summed E-state index contributed by atoms with van der Waals surface area (Å²) in [6.07, 6.45) is 3.35. The van der Waals surface area contributed by atoms with E-state index in [1.807, 2.05) is 75.9 Å². The molecule has 2 aromatic carbocycles. The molecule has 2 aliphatic heterocycles. The van der Waals surface area contributed by atoms with E-state index in [1.165, 1.54) is 0 Å². The number of likely N-dealkylation sites (tertiary alicyclic amines) is 1. The highest BCUT2D eigenvalue weighted by molar-refractivity contribution is 5.92. The average molecular weight is 590 g/mol. The van der Waals surface area contributed by atoms with Crippen LogP contribution in [0.1, 0.15) is 57.2 Å². The summed E-state index contributed by atoms with van der Waals surface area (Å²) >= 11 is 0. The van der Waals surface area contributed by atoms with E-state index in [-0.39, 0.29) is 24.5 Å². The van der Waals surface area contributed by atoms with Gasteiger partial charge in [-0.2, -0.15) is 5.10 Å². The van der Waals surface area contributed by atoms with Gasteiger partial charge in [0.05, 0.1) is 11.7 Å². The number of para-hydroxylation sites is 1. The molecule has 5 rings (SSSR count). The molecule has 0 bridgehead atoms. The van der Waals surface area contributed by atoms with Crippen LogP contribution in [-0.4, -0.2) is 86.9 Å². The first-order chi connectivity index (χ1) is 20.6. The van der Waals surface area contributed by atoms with Gasteiger partial charge in [-0.05, 0) is 75.5 Å². The number of fused-ring (bicyclic) bond motifs is 2. The molecule has 11 nitrogen and oxygen atoms in total. The second-order valence-corrected chi connectivity index (χ2v) is 11.9. The lowest BCUT2D eigenvalue weighted by Gasteiger charge is -2.41. The van der Waals surface area contributed by atoms with Crippen molar-refractivity contribution in [3.8, 4) is 0 Å². The Kier molecular flexibility index (Phi) is 8.91. The highest BCUT2D eigenvalue weighted by Crippen LogP contribution is 2.28. The van der Waals surface area contributed by atoms with Crippen LogP contribution in [0.5, 0.6) is 0 Å². The summed E-state index contributed by atoms with van der Waals surface area (Å²) in [5.74, 6) is -0.478. The van der Waals surface area contributed by atoms with Crippen LogP contribution in [0.15, 0.2) is 42.6 Å². The Balaban J connectivity index is 1.27. The maximum Gasteiger partial charge on any atom is 0.330 e. The SMILES string of the molecule is CCN(CC)C(C)(C)OC(=O)C(Cc1cc(C)c2[nH]ncc2c1)NC(=O)N1CCC(N2Cc3ccccc3NC2=O)CC1. The van der Waals surface area contributed by atoms with E-state index in [1.54, 1.807) is 11.1 Å². The number of rotatable bonds is 9. The van der Waals surface area contributed by atoms with Crippen LogP contribution in [-0.2, 0) is 22.5 Å². The molecule has 1 saturated heterocycles. The number of anilines is 1. The van der Waals surface area contributed by atoms with E-state index < -0.39 is 17.7 Å². The monoisotopic (exact) mass is 589 g/mol. The number of ether oxygens (including phenoxy) is 1. The second kappa shape index (κ2) is 12.6. The number of aromatic amines is 1. The molecule has 4 amide bonds. The summed E-state index contributed by atoms with van der Waals surface area (Å²) in [5, 5.41) is 14.1. The van der Waals surface area contributed by atoms with Crippen LogP contribution in [0.4, 0.5) is 15.3 Å². The Morgan fingerprint density at radius 2 is 1.88 bits per heavy atom. The molecular weight excluding hydrogens is 546 g/mol. The Labute approximate surface area is 252 Å². The van der Waals surface area contributed by atoms with Gasteiger partial charge in [0.25, 0.3) is 0 Å².